The molecule has 5 rings (SSSR count). The Morgan fingerprint density at radius 1 is 1.33 bits per heavy atom. The van der Waals surface area contributed by atoms with Crippen molar-refractivity contribution in [2.45, 2.75) is 75.8 Å². The average Bonchev–Trinajstić information content (AvgIpc) is 2.95. The highest BCUT2D eigenvalue weighted by Gasteiger charge is 2.60. The van der Waals surface area contributed by atoms with Gasteiger partial charge in [0.1, 0.15) is 0 Å². The van der Waals surface area contributed by atoms with Gasteiger partial charge in [0.05, 0.1) is 5.41 Å². The van der Waals surface area contributed by atoms with Crippen LogP contribution >= 0.6 is 15.9 Å². The molecule has 24 heavy (non-hydrogen) atoms. The largest absolute Gasteiger partial charge is 0.457 e. The smallest absolute Gasteiger partial charge is 0.312 e. The second-order valence-electron chi connectivity index (χ2n) is 8.14. The summed E-state index contributed by atoms with van der Waals surface area (Å²) < 4.78 is 7.63. The Bertz CT molecular complexity index is 618. The van der Waals surface area contributed by atoms with Crippen LogP contribution in [0.3, 0.4) is 0 Å². The van der Waals surface area contributed by atoms with Crippen LogP contribution in [0.15, 0.2) is 0 Å². The third-order valence-corrected chi connectivity index (χ3v) is 7.01. The summed E-state index contributed by atoms with van der Waals surface area (Å²) in [6.45, 7) is 3.09. The molecule has 4 aliphatic rings. The fraction of sp³-hybridized carbons (Fsp3) is 0.882. The first-order valence-corrected chi connectivity index (χ1v) is 9.92. The summed E-state index contributed by atoms with van der Waals surface area (Å²) in [7, 11) is 0. The van der Waals surface area contributed by atoms with Crippen LogP contribution in [0, 0.1) is 17.3 Å². The Kier molecular flexibility index (Phi) is 4.17. The van der Waals surface area contributed by atoms with Crippen molar-refractivity contribution in [1.29, 1.82) is 0 Å². The van der Waals surface area contributed by atoms with Crippen LogP contribution in [0.25, 0.3) is 0 Å². The summed E-state index contributed by atoms with van der Waals surface area (Å²) in [6.07, 6.45) is 8.74. The average molecular weight is 397 g/mol. The van der Waals surface area contributed by atoms with Crippen molar-refractivity contribution in [2.24, 2.45) is 17.3 Å². The van der Waals surface area contributed by atoms with E-state index in [1.165, 1.54) is 19.3 Å². The molecule has 1 aromatic heterocycles. The van der Waals surface area contributed by atoms with Crippen molar-refractivity contribution in [3.05, 3.63) is 5.82 Å². The maximum absolute atomic E-state index is 12.9. The molecule has 4 atom stereocenters. The van der Waals surface area contributed by atoms with Gasteiger partial charge < -0.3 is 4.74 Å². The number of halogens is 1. The van der Waals surface area contributed by atoms with Crippen molar-refractivity contribution in [1.82, 2.24) is 20.2 Å². The molecule has 2 unspecified atom stereocenters. The third kappa shape index (κ3) is 2.89. The second-order valence-corrected chi connectivity index (χ2v) is 9.82. The SMILES string of the molecule is CCCCn1nnnc1COC(=O)C12C[C@@H]3C[C@@H](CC(Br)(C3)C1)C2. The molecule has 0 saturated heterocycles. The quantitative estimate of drug-likeness (QED) is 0.545. The Balaban J connectivity index is 1.43. The Hall–Kier alpha value is -0.980. The zero-order valence-corrected chi connectivity index (χ0v) is 15.8. The molecule has 0 N–H and O–H groups in total. The molecule has 6 nitrogen and oxygen atoms in total. The van der Waals surface area contributed by atoms with Crippen LogP contribution in [-0.2, 0) is 22.7 Å². The first-order valence-electron chi connectivity index (χ1n) is 9.13. The van der Waals surface area contributed by atoms with Crippen LogP contribution in [0.1, 0.15) is 64.1 Å². The lowest BCUT2D eigenvalue weighted by molar-refractivity contribution is -0.171. The Morgan fingerprint density at radius 3 is 2.75 bits per heavy atom. The van der Waals surface area contributed by atoms with Gasteiger partial charge in [0.25, 0.3) is 0 Å². The number of carbonyl (C=O) groups is 1. The van der Waals surface area contributed by atoms with E-state index in [4.69, 9.17) is 4.74 Å². The van der Waals surface area contributed by atoms with Crippen LogP contribution in [0.2, 0.25) is 0 Å². The van der Waals surface area contributed by atoms with Crippen LogP contribution in [0.5, 0.6) is 0 Å². The molecule has 4 saturated carbocycles. The monoisotopic (exact) mass is 396 g/mol. The number of hydrogen-bond donors (Lipinski definition) is 0. The van der Waals surface area contributed by atoms with Crippen molar-refractivity contribution in [2.75, 3.05) is 0 Å². The van der Waals surface area contributed by atoms with Gasteiger partial charge in [-0.3, -0.25) is 4.79 Å². The van der Waals surface area contributed by atoms with Gasteiger partial charge in [-0.05, 0) is 67.2 Å². The molecule has 0 amide bonds. The van der Waals surface area contributed by atoms with Gasteiger partial charge in [0.2, 0.25) is 0 Å². The lowest BCUT2D eigenvalue weighted by Crippen LogP contribution is -2.56. The zero-order valence-electron chi connectivity index (χ0n) is 14.2. The predicted octanol–water partition coefficient (Wildman–Crippen LogP) is 3.25. The molecule has 0 spiro atoms. The Labute approximate surface area is 150 Å². The van der Waals surface area contributed by atoms with E-state index in [1.807, 2.05) is 0 Å². The maximum Gasteiger partial charge on any atom is 0.312 e. The van der Waals surface area contributed by atoms with E-state index in [1.54, 1.807) is 4.68 Å². The first kappa shape index (κ1) is 16.5. The van der Waals surface area contributed by atoms with E-state index < -0.39 is 0 Å². The summed E-state index contributed by atoms with van der Waals surface area (Å²) in [5.41, 5.74) is -0.282. The molecule has 0 aliphatic heterocycles. The first-order chi connectivity index (χ1) is 11.5. The minimum atomic E-state index is -0.282. The standard InChI is InChI=1S/C17H25BrN4O2/c1-2-3-4-22-14(19-20-21-22)10-24-15(23)16-6-12-5-13(7-16)9-17(18,8-12)11-16/h12-13H,2-11H2,1H3/t12-,13+,16?,17?. The highest BCUT2D eigenvalue weighted by molar-refractivity contribution is 9.10. The number of aryl methyl sites for hydroxylation is 1. The minimum Gasteiger partial charge on any atom is -0.457 e. The van der Waals surface area contributed by atoms with Crippen molar-refractivity contribution < 1.29 is 9.53 Å². The predicted molar refractivity (Wildman–Crippen MR) is 91.3 cm³/mol. The summed E-state index contributed by atoms with van der Waals surface area (Å²) in [4.78, 5) is 12.9. The fourth-order valence-electron chi connectivity index (χ4n) is 5.48. The molecule has 132 valence electrons. The van der Waals surface area contributed by atoms with E-state index in [0.29, 0.717) is 17.7 Å². The van der Waals surface area contributed by atoms with Crippen LogP contribution < -0.4 is 0 Å². The summed E-state index contributed by atoms with van der Waals surface area (Å²) in [5, 5.41) is 11.7. The van der Waals surface area contributed by atoms with Gasteiger partial charge >= 0.3 is 5.97 Å². The van der Waals surface area contributed by atoms with Crippen LogP contribution in [0.4, 0.5) is 0 Å². The molecule has 7 heteroatoms. The van der Waals surface area contributed by atoms with Gasteiger partial charge in [0.15, 0.2) is 12.4 Å². The van der Waals surface area contributed by atoms with Crippen LogP contribution in [-0.4, -0.2) is 30.5 Å². The number of rotatable bonds is 6. The van der Waals surface area contributed by atoms with Crippen molar-refractivity contribution >= 4 is 21.9 Å². The summed E-state index contributed by atoms with van der Waals surface area (Å²) in [5.74, 6) is 1.96. The zero-order chi connectivity index (χ0) is 16.8. The fourth-order valence-corrected chi connectivity index (χ4v) is 6.93. The summed E-state index contributed by atoms with van der Waals surface area (Å²) in [6, 6.07) is 0. The molecule has 0 radical (unpaired) electrons. The number of carbonyl (C=O) groups excluding carboxylic acids is 1. The number of unbranched alkanes of at least 4 members (excludes halogenated alkanes) is 1. The van der Waals surface area contributed by atoms with Crippen molar-refractivity contribution in [3.63, 3.8) is 0 Å². The highest BCUT2D eigenvalue weighted by atomic mass is 79.9. The second kappa shape index (κ2) is 6.07. The van der Waals surface area contributed by atoms with Gasteiger partial charge in [-0.2, -0.15) is 0 Å². The molecule has 0 aromatic carbocycles. The number of nitrogens with zero attached hydrogens (tertiary/aromatic N) is 4. The number of esters is 1. The molecule has 1 heterocycles. The third-order valence-electron chi connectivity index (χ3n) is 6.08. The molecule has 1 aromatic rings. The maximum atomic E-state index is 12.9. The molecule has 4 bridgehead atoms. The molecule has 4 aliphatic carbocycles. The minimum absolute atomic E-state index is 0.0366. The highest BCUT2D eigenvalue weighted by Crippen LogP contribution is 2.64. The van der Waals surface area contributed by atoms with E-state index >= 15 is 0 Å². The number of tetrazole rings is 1. The summed E-state index contributed by atoms with van der Waals surface area (Å²) >= 11 is 3.95. The number of ether oxygens (including phenoxy) is 1. The molecular weight excluding hydrogens is 372 g/mol. The molecule has 4 fully saturated rings. The van der Waals surface area contributed by atoms with E-state index in [9.17, 15) is 4.79 Å². The Morgan fingerprint density at radius 2 is 2.08 bits per heavy atom. The topological polar surface area (TPSA) is 69.9 Å². The number of hydrogen-bond acceptors (Lipinski definition) is 5. The number of aromatic nitrogens is 4. The van der Waals surface area contributed by atoms with E-state index in [2.05, 4.69) is 38.4 Å². The molecular formula is C17H25BrN4O2. The van der Waals surface area contributed by atoms with Crippen molar-refractivity contribution in [3.8, 4) is 0 Å². The van der Waals surface area contributed by atoms with E-state index in [-0.39, 0.29) is 22.3 Å². The normalized spacial score (nSPS) is 36.9. The van der Waals surface area contributed by atoms with E-state index in [0.717, 1.165) is 38.6 Å². The van der Waals surface area contributed by atoms with Gasteiger partial charge in [-0.15, -0.1) is 5.10 Å². The van der Waals surface area contributed by atoms with Gasteiger partial charge in [-0.1, -0.05) is 29.3 Å². The lowest BCUT2D eigenvalue weighted by Gasteiger charge is -2.58. The van der Waals surface area contributed by atoms with Gasteiger partial charge in [-0.25, -0.2) is 4.68 Å². The van der Waals surface area contributed by atoms with Gasteiger partial charge in [0, 0.05) is 10.9 Å². The lowest BCUT2D eigenvalue weighted by atomic mass is 9.49. The number of alkyl halides is 1.